The number of cyclic esters (lactones) is 1. The number of carbonyl (C=O) groups excluding carboxylic acids is 2. The van der Waals surface area contributed by atoms with E-state index in [-0.39, 0.29) is 17.3 Å². The van der Waals surface area contributed by atoms with Gasteiger partial charge in [0.2, 0.25) is 0 Å². The predicted molar refractivity (Wildman–Crippen MR) is 49.5 cm³/mol. The molecule has 2 aliphatic rings. The molecule has 0 N–H and O–H groups in total. The van der Waals surface area contributed by atoms with E-state index < -0.39 is 17.5 Å². The summed E-state index contributed by atoms with van der Waals surface area (Å²) in [6.07, 6.45) is 0.319. The molecule has 0 aromatic carbocycles. The normalized spacial score (nSPS) is 42.5. The van der Waals surface area contributed by atoms with Crippen LogP contribution in [0.25, 0.3) is 0 Å². The second-order valence-electron chi connectivity index (χ2n) is 5.37. The summed E-state index contributed by atoms with van der Waals surface area (Å²) in [6.45, 7) is 5.77. The largest absolute Gasteiger partial charge is 0.546 e. The van der Waals surface area contributed by atoms with Crippen LogP contribution < -0.4 is 5.11 Å². The highest BCUT2D eigenvalue weighted by atomic mass is 16.6. The molecule has 4 nitrogen and oxygen atoms in total. The summed E-state index contributed by atoms with van der Waals surface area (Å²) in [5.41, 5.74) is -0.822. The Balaban J connectivity index is 2.48. The Hall–Kier alpha value is -1.06. The van der Waals surface area contributed by atoms with Crippen molar-refractivity contribution in [2.75, 3.05) is 0 Å². The molecular formula is C11H15O4-. The highest BCUT2D eigenvalue weighted by molar-refractivity contribution is 5.82. The average molecular weight is 211 g/mol. The molecule has 1 aliphatic heterocycles. The van der Waals surface area contributed by atoms with Crippen LogP contribution in [0.4, 0.5) is 0 Å². The third kappa shape index (κ3) is 1.08. The summed E-state index contributed by atoms with van der Waals surface area (Å²) < 4.78 is 4.97. The molecule has 15 heavy (non-hydrogen) atoms. The Morgan fingerprint density at radius 2 is 2.07 bits per heavy atom. The number of carbonyl (C=O) groups is 2. The van der Waals surface area contributed by atoms with Gasteiger partial charge in [-0.3, -0.25) is 4.79 Å². The van der Waals surface area contributed by atoms with Crippen molar-refractivity contribution < 1.29 is 19.4 Å². The molecule has 0 unspecified atom stereocenters. The first-order valence-corrected chi connectivity index (χ1v) is 5.22. The number of aliphatic carboxylic acids is 1. The molecule has 3 atom stereocenters. The molecule has 0 amide bonds. The van der Waals surface area contributed by atoms with Gasteiger partial charge in [0.25, 0.3) is 0 Å². The number of hydrogen-bond acceptors (Lipinski definition) is 4. The monoisotopic (exact) mass is 211 g/mol. The van der Waals surface area contributed by atoms with Gasteiger partial charge >= 0.3 is 5.97 Å². The molecule has 1 saturated heterocycles. The molecule has 84 valence electrons. The van der Waals surface area contributed by atoms with E-state index in [1.807, 2.05) is 20.8 Å². The van der Waals surface area contributed by atoms with E-state index in [1.54, 1.807) is 0 Å². The van der Waals surface area contributed by atoms with Crippen molar-refractivity contribution in [1.29, 1.82) is 0 Å². The number of hydrogen-bond donors (Lipinski definition) is 0. The maximum Gasteiger partial charge on any atom is 0.310 e. The smallest absolute Gasteiger partial charge is 0.310 e. The molecule has 0 radical (unpaired) electrons. The lowest BCUT2D eigenvalue weighted by Gasteiger charge is -2.49. The highest BCUT2D eigenvalue weighted by Gasteiger charge is 2.63. The van der Waals surface area contributed by atoms with Crippen LogP contribution in [0.1, 0.15) is 33.6 Å². The Morgan fingerprint density at radius 1 is 1.47 bits per heavy atom. The molecule has 0 aromatic rings. The number of ether oxygens (including phenoxy) is 1. The lowest BCUT2D eigenvalue weighted by molar-refractivity contribution is -0.325. The van der Waals surface area contributed by atoms with E-state index in [1.165, 1.54) is 0 Å². The number of esters is 1. The third-order valence-corrected chi connectivity index (χ3v) is 4.61. The fourth-order valence-electron chi connectivity index (χ4n) is 3.04. The van der Waals surface area contributed by atoms with E-state index in [9.17, 15) is 14.7 Å². The van der Waals surface area contributed by atoms with Crippen molar-refractivity contribution in [2.24, 2.45) is 16.7 Å². The second-order valence-corrected chi connectivity index (χ2v) is 5.37. The van der Waals surface area contributed by atoms with Crippen LogP contribution in [0.2, 0.25) is 0 Å². The number of fused-ring (bicyclic) bond motifs is 2. The van der Waals surface area contributed by atoms with Crippen molar-refractivity contribution in [2.45, 2.75) is 39.7 Å². The van der Waals surface area contributed by atoms with Crippen molar-refractivity contribution in [3.63, 3.8) is 0 Å². The first kappa shape index (κ1) is 10.5. The van der Waals surface area contributed by atoms with Gasteiger partial charge in [-0.2, -0.15) is 0 Å². The maximum absolute atomic E-state index is 11.6. The summed E-state index contributed by atoms with van der Waals surface area (Å²) >= 11 is 0. The van der Waals surface area contributed by atoms with Gasteiger partial charge < -0.3 is 14.6 Å². The number of carboxylic acid groups (broad SMARTS) is 1. The van der Waals surface area contributed by atoms with Gasteiger partial charge in [0.05, 0.1) is 11.9 Å². The molecule has 1 heterocycles. The minimum atomic E-state index is -1.28. The van der Waals surface area contributed by atoms with Gasteiger partial charge in [-0.25, -0.2) is 0 Å². The van der Waals surface area contributed by atoms with Crippen LogP contribution in [-0.4, -0.2) is 18.0 Å². The van der Waals surface area contributed by atoms with Crippen molar-refractivity contribution in [1.82, 2.24) is 0 Å². The first-order valence-electron chi connectivity index (χ1n) is 5.22. The Labute approximate surface area is 88.6 Å². The lowest BCUT2D eigenvalue weighted by Crippen LogP contribution is -2.58. The number of carboxylic acids is 1. The standard InChI is InChI=1S/C11H16O4/c1-10(2)6-4-5-11(10,3)7(8(12)13)15-9(6)14/h6-7H,4-5H2,1-3H3,(H,12,13)/p-1/t6-,7-,11-/m0/s1. The Kier molecular flexibility index (Phi) is 1.91. The van der Waals surface area contributed by atoms with E-state index in [0.717, 1.165) is 0 Å². The predicted octanol–water partition coefficient (Wildman–Crippen LogP) is 0.104. The van der Waals surface area contributed by atoms with Gasteiger partial charge in [0.1, 0.15) is 6.10 Å². The lowest BCUT2D eigenvalue weighted by atomic mass is 9.61. The van der Waals surface area contributed by atoms with E-state index >= 15 is 0 Å². The van der Waals surface area contributed by atoms with Crippen LogP contribution in [0.5, 0.6) is 0 Å². The van der Waals surface area contributed by atoms with Crippen LogP contribution in [0.15, 0.2) is 0 Å². The summed E-state index contributed by atoms with van der Waals surface area (Å²) in [5.74, 6) is -1.83. The third-order valence-electron chi connectivity index (χ3n) is 4.61. The summed E-state index contributed by atoms with van der Waals surface area (Å²) in [7, 11) is 0. The topological polar surface area (TPSA) is 66.4 Å². The minimum absolute atomic E-state index is 0.168. The van der Waals surface area contributed by atoms with Crippen molar-refractivity contribution in [3.05, 3.63) is 0 Å². The Bertz CT molecular complexity index is 333. The van der Waals surface area contributed by atoms with E-state index in [4.69, 9.17) is 4.74 Å². The van der Waals surface area contributed by atoms with Gasteiger partial charge in [-0.1, -0.05) is 20.8 Å². The maximum atomic E-state index is 11.6. The quantitative estimate of drug-likeness (QED) is 0.577. The van der Waals surface area contributed by atoms with Gasteiger partial charge in [-0.15, -0.1) is 0 Å². The fourth-order valence-corrected chi connectivity index (χ4v) is 3.04. The first-order chi connectivity index (χ1) is 6.80. The zero-order chi connectivity index (χ0) is 11.4. The summed E-state index contributed by atoms with van der Waals surface area (Å²) in [4.78, 5) is 22.6. The fraction of sp³-hybridized carbons (Fsp3) is 0.818. The minimum Gasteiger partial charge on any atom is -0.546 e. The molecule has 0 aromatic heterocycles. The van der Waals surface area contributed by atoms with Crippen LogP contribution >= 0.6 is 0 Å². The van der Waals surface area contributed by atoms with Gasteiger partial charge in [0.15, 0.2) is 0 Å². The molecule has 1 aliphatic carbocycles. The van der Waals surface area contributed by atoms with Crippen LogP contribution in [0.3, 0.4) is 0 Å². The molecule has 2 fully saturated rings. The molecule has 1 saturated carbocycles. The van der Waals surface area contributed by atoms with Gasteiger partial charge in [0, 0.05) is 5.41 Å². The summed E-state index contributed by atoms with van der Waals surface area (Å²) in [5, 5.41) is 11.0. The van der Waals surface area contributed by atoms with E-state index in [2.05, 4.69) is 0 Å². The number of rotatable bonds is 1. The Morgan fingerprint density at radius 3 is 2.60 bits per heavy atom. The van der Waals surface area contributed by atoms with E-state index in [0.29, 0.717) is 12.8 Å². The zero-order valence-corrected chi connectivity index (χ0v) is 9.20. The SMILES string of the molecule is CC1(C)[C@H]2CC[C@@]1(C)[C@H](C(=O)[O-])OC2=O. The zero-order valence-electron chi connectivity index (χ0n) is 9.20. The highest BCUT2D eigenvalue weighted by Crippen LogP contribution is 2.61. The average Bonchev–Trinajstić information content (AvgIpc) is 2.28. The van der Waals surface area contributed by atoms with Crippen LogP contribution in [0, 0.1) is 16.7 Å². The van der Waals surface area contributed by atoms with Crippen molar-refractivity contribution in [3.8, 4) is 0 Å². The molecule has 2 rings (SSSR count). The summed E-state index contributed by atoms with van der Waals surface area (Å²) in [6, 6.07) is 0. The van der Waals surface area contributed by atoms with Gasteiger partial charge in [-0.05, 0) is 18.3 Å². The molecule has 2 bridgehead atoms. The van der Waals surface area contributed by atoms with Crippen LogP contribution in [-0.2, 0) is 14.3 Å². The molecular weight excluding hydrogens is 196 g/mol. The molecule has 4 heteroatoms. The molecule has 0 spiro atoms. The second kappa shape index (κ2) is 2.74. The van der Waals surface area contributed by atoms with Crippen molar-refractivity contribution >= 4 is 11.9 Å².